The molecule has 6 heteroatoms. The average molecular weight is 199 g/mol. The summed E-state index contributed by atoms with van der Waals surface area (Å²) in [6.45, 7) is 0.754. The summed E-state index contributed by atoms with van der Waals surface area (Å²) in [4.78, 5) is 3.69. The number of fused-ring (bicyclic) bond motifs is 1. The molecule has 0 spiro atoms. The van der Waals surface area contributed by atoms with E-state index in [-0.39, 0.29) is 22.5 Å². The van der Waals surface area contributed by atoms with Crippen LogP contribution in [0.4, 0.5) is 8.78 Å². The summed E-state index contributed by atoms with van der Waals surface area (Å²) in [7, 11) is 0. The van der Waals surface area contributed by atoms with E-state index >= 15 is 0 Å². The van der Waals surface area contributed by atoms with E-state index < -0.39 is 5.92 Å². The molecular weight excluding hydrogens is 192 g/mol. The van der Waals surface area contributed by atoms with Crippen molar-refractivity contribution >= 4 is 11.0 Å². The van der Waals surface area contributed by atoms with Crippen molar-refractivity contribution in [2.75, 3.05) is 0 Å². The van der Waals surface area contributed by atoms with Crippen LogP contribution in [-0.4, -0.2) is 20.3 Å². The van der Waals surface area contributed by atoms with Crippen molar-refractivity contribution in [2.45, 2.75) is 12.8 Å². The van der Waals surface area contributed by atoms with Crippen LogP contribution in [0.25, 0.3) is 11.0 Å². The number of nitrogens with one attached hydrogen (secondary N) is 1. The molecule has 0 aliphatic heterocycles. The Balaban J connectivity index is 2.73. The predicted octanol–water partition coefficient (Wildman–Crippen LogP) is 1.78. The lowest BCUT2D eigenvalue weighted by atomic mass is 10.2. The first-order valence-corrected chi connectivity index (χ1v) is 3.90. The lowest BCUT2D eigenvalue weighted by Crippen LogP contribution is -2.07. The zero-order chi connectivity index (χ0) is 10.3. The molecule has 0 atom stereocenters. The van der Waals surface area contributed by atoms with Gasteiger partial charge < -0.3 is 5.11 Å². The molecule has 14 heavy (non-hydrogen) atoms. The van der Waals surface area contributed by atoms with Crippen molar-refractivity contribution in [3.63, 3.8) is 0 Å². The van der Waals surface area contributed by atoms with E-state index in [2.05, 4.69) is 15.2 Å². The summed E-state index contributed by atoms with van der Waals surface area (Å²) >= 11 is 0. The van der Waals surface area contributed by atoms with E-state index in [9.17, 15) is 8.78 Å². The number of hydrogen-bond acceptors (Lipinski definition) is 3. The Bertz CT molecular complexity index is 475. The third-order valence-corrected chi connectivity index (χ3v) is 1.83. The molecule has 0 amide bonds. The summed E-state index contributed by atoms with van der Waals surface area (Å²) in [5.41, 5.74) is -0.171. The smallest absolute Gasteiger partial charge is 0.287 e. The van der Waals surface area contributed by atoms with Crippen molar-refractivity contribution in [2.24, 2.45) is 0 Å². The van der Waals surface area contributed by atoms with Crippen molar-refractivity contribution in [3.05, 3.63) is 18.0 Å². The molecule has 0 saturated heterocycles. The molecule has 2 heterocycles. The quantitative estimate of drug-likeness (QED) is 0.735. The predicted molar refractivity (Wildman–Crippen MR) is 45.1 cm³/mol. The monoisotopic (exact) mass is 199 g/mol. The van der Waals surface area contributed by atoms with Crippen LogP contribution in [0.5, 0.6) is 5.75 Å². The number of hydrogen-bond donors (Lipinski definition) is 2. The minimum absolute atomic E-state index is 0.137. The van der Waals surface area contributed by atoms with Gasteiger partial charge >= 0.3 is 0 Å². The van der Waals surface area contributed by atoms with Crippen LogP contribution in [0.15, 0.2) is 12.3 Å². The van der Waals surface area contributed by atoms with Crippen LogP contribution in [0.2, 0.25) is 0 Å². The first-order chi connectivity index (χ1) is 6.48. The van der Waals surface area contributed by atoms with Gasteiger partial charge in [-0.15, -0.1) is 0 Å². The Morgan fingerprint density at radius 3 is 2.86 bits per heavy atom. The standard InChI is InChI=1S/C8H7F2N3O/c1-8(9,10)6-5-2-4(14)3-11-7(5)13-12-6/h2-3,14H,1H3,(H,11,12,13). The van der Waals surface area contributed by atoms with Crippen LogP contribution in [0.3, 0.4) is 0 Å². The molecule has 4 nitrogen and oxygen atoms in total. The highest BCUT2D eigenvalue weighted by Gasteiger charge is 2.29. The van der Waals surface area contributed by atoms with Gasteiger partial charge in [-0.2, -0.15) is 13.9 Å². The maximum Gasteiger partial charge on any atom is 0.287 e. The SMILES string of the molecule is CC(F)(F)c1[nH]nc2ncc(O)cc12. The second-order valence-corrected chi connectivity index (χ2v) is 3.05. The second-order valence-electron chi connectivity index (χ2n) is 3.05. The number of nitrogens with zero attached hydrogens (tertiary/aromatic N) is 2. The van der Waals surface area contributed by atoms with Gasteiger partial charge in [-0.1, -0.05) is 0 Å². The first-order valence-electron chi connectivity index (χ1n) is 3.90. The molecule has 0 aliphatic rings. The third-order valence-electron chi connectivity index (χ3n) is 1.83. The van der Waals surface area contributed by atoms with Gasteiger partial charge in [0, 0.05) is 6.92 Å². The normalized spacial score (nSPS) is 12.2. The number of aromatic amines is 1. The summed E-state index contributed by atoms with van der Waals surface area (Å²) in [6.07, 6.45) is 1.15. The Labute approximate surface area is 77.6 Å². The fourth-order valence-corrected chi connectivity index (χ4v) is 1.22. The number of halogens is 2. The van der Waals surface area contributed by atoms with Crippen molar-refractivity contribution in [1.82, 2.24) is 15.2 Å². The van der Waals surface area contributed by atoms with Crippen LogP contribution < -0.4 is 0 Å². The highest BCUT2D eigenvalue weighted by atomic mass is 19.3. The zero-order valence-corrected chi connectivity index (χ0v) is 7.25. The molecule has 0 bridgehead atoms. The van der Waals surface area contributed by atoms with Gasteiger partial charge in [-0.25, -0.2) is 4.98 Å². The Kier molecular flexibility index (Phi) is 1.67. The summed E-state index contributed by atoms with van der Waals surface area (Å²) in [6, 6.07) is 1.21. The van der Waals surface area contributed by atoms with E-state index in [4.69, 9.17) is 5.11 Å². The summed E-state index contributed by atoms with van der Waals surface area (Å²) in [5.74, 6) is -3.19. The minimum atomic E-state index is -3.02. The van der Waals surface area contributed by atoms with Gasteiger partial charge in [-0.05, 0) is 6.07 Å². The largest absolute Gasteiger partial charge is 0.506 e. The molecule has 2 aromatic rings. The Hall–Kier alpha value is -1.72. The number of aromatic nitrogens is 3. The molecule has 0 saturated carbocycles. The Morgan fingerprint density at radius 1 is 1.50 bits per heavy atom. The van der Waals surface area contributed by atoms with Gasteiger partial charge in [0.05, 0.1) is 11.6 Å². The fraction of sp³-hybridized carbons (Fsp3) is 0.250. The van der Waals surface area contributed by atoms with Gasteiger partial charge in [-0.3, -0.25) is 5.10 Å². The van der Waals surface area contributed by atoms with Gasteiger partial charge in [0.1, 0.15) is 11.4 Å². The number of alkyl halides is 2. The van der Waals surface area contributed by atoms with Crippen molar-refractivity contribution < 1.29 is 13.9 Å². The summed E-state index contributed by atoms with van der Waals surface area (Å²) in [5, 5.41) is 15.0. The molecule has 2 N–H and O–H groups in total. The zero-order valence-electron chi connectivity index (χ0n) is 7.25. The fourth-order valence-electron chi connectivity index (χ4n) is 1.22. The van der Waals surface area contributed by atoms with Crippen molar-refractivity contribution in [3.8, 4) is 5.75 Å². The molecule has 0 radical (unpaired) electrons. The summed E-state index contributed by atoms with van der Waals surface area (Å²) < 4.78 is 25.9. The van der Waals surface area contributed by atoms with E-state index in [0.29, 0.717) is 0 Å². The van der Waals surface area contributed by atoms with E-state index in [0.717, 1.165) is 13.1 Å². The molecule has 2 aromatic heterocycles. The second kappa shape index (κ2) is 2.63. The number of rotatable bonds is 1. The van der Waals surface area contributed by atoms with Crippen LogP contribution in [0, 0.1) is 0 Å². The number of pyridine rings is 1. The molecule has 2 rings (SSSR count). The molecule has 0 fully saturated rings. The van der Waals surface area contributed by atoms with Crippen LogP contribution >= 0.6 is 0 Å². The van der Waals surface area contributed by atoms with Gasteiger partial charge in [0.15, 0.2) is 5.65 Å². The van der Waals surface area contributed by atoms with Crippen LogP contribution in [-0.2, 0) is 5.92 Å². The Morgan fingerprint density at radius 2 is 2.21 bits per heavy atom. The first kappa shape index (κ1) is 8.86. The minimum Gasteiger partial charge on any atom is -0.506 e. The molecule has 0 aromatic carbocycles. The van der Waals surface area contributed by atoms with E-state index in [1.54, 1.807) is 0 Å². The van der Waals surface area contributed by atoms with Gasteiger partial charge in [0.2, 0.25) is 0 Å². The number of H-pyrrole nitrogens is 1. The van der Waals surface area contributed by atoms with Crippen molar-refractivity contribution in [1.29, 1.82) is 0 Å². The highest BCUT2D eigenvalue weighted by molar-refractivity contribution is 5.79. The molecular formula is C8H7F2N3O. The molecule has 74 valence electrons. The number of aromatic hydroxyl groups is 1. The lowest BCUT2D eigenvalue weighted by molar-refractivity contribution is 0.0142. The topological polar surface area (TPSA) is 61.8 Å². The maximum absolute atomic E-state index is 13.0. The maximum atomic E-state index is 13.0. The van der Waals surface area contributed by atoms with E-state index in [1.807, 2.05) is 0 Å². The molecule has 0 aliphatic carbocycles. The van der Waals surface area contributed by atoms with E-state index in [1.165, 1.54) is 6.07 Å². The third kappa shape index (κ3) is 1.28. The average Bonchev–Trinajstić information content (AvgIpc) is 2.45. The lowest BCUT2D eigenvalue weighted by Gasteiger charge is -2.06. The van der Waals surface area contributed by atoms with Crippen LogP contribution in [0.1, 0.15) is 12.6 Å². The molecule has 0 unspecified atom stereocenters. The van der Waals surface area contributed by atoms with Gasteiger partial charge in [0.25, 0.3) is 5.92 Å². The highest BCUT2D eigenvalue weighted by Crippen LogP contribution is 2.31.